The summed E-state index contributed by atoms with van der Waals surface area (Å²) >= 11 is 1.61. The van der Waals surface area contributed by atoms with Crippen LogP contribution in [0.5, 0.6) is 11.5 Å². The number of halogens is 1. The fourth-order valence-corrected chi connectivity index (χ4v) is 10.1. The predicted octanol–water partition coefficient (Wildman–Crippen LogP) is 26.3. The molecule has 0 aliphatic carbocycles. The van der Waals surface area contributed by atoms with Gasteiger partial charge in [0.15, 0.2) is 11.5 Å². The third-order valence-corrected chi connectivity index (χ3v) is 18.2. The van der Waals surface area contributed by atoms with E-state index in [0.29, 0.717) is 66.0 Å². The molecule has 0 saturated carbocycles. The van der Waals surface area contributed by atoms with Crippen LogP contribution in [-0.2, 0) is 0 Å². The third kappa shape index (κ3) is 43.7. The van der Waals surface area contributed by atoms with Gasteiger partial charge in [0.1, 0.15) is 29.6 Å². The summed E-state index contributed by atoms with van der Waals surface area (Å²) in [4.78, 5) is 42.2. The molecule has 3 aromatic carbocycles. The minimum Gasteiger partial charge on any atom is -0.454 e. The molecule has 8 aromatic heterocycles. The number of hydrogen-bond acceptors (Lipinski definition) is 16. The van der Waals surface area contributed by atoms with Gasteiger partial charge in [0.05, 0.1) is 17.9 Å². The van der Waals surface area contributed by atoms with Gasteiger partial charge in [-0.1, -0.05) is 221 Å². The first-order chi connectivity index (χ1) is 53.4. The molecule has 0 atom stereocenters. The van der Waals surface area contributed by atoms with Crippen molar-refractivity contribution in [1.82, 2.24) is 54.4 Å². The van der Waals surface area contributed by atoms with Crippen LogP contribution in [0.4, 0.5) is 4.39 Å². The maximum absolute atomic E-state index is 12.1. The van der Waals surface area contributed by atoms with Crippen molar-refractivity contribution in [3.8, 4) is 11.5 Å². The van der Waals surface area contributed by atoms with Crippen LogP contribution in [-0.4, -0.2) is 73.4 Å². The van der Waals surface area contributed by atoms with E-state index in [0.717, 1.165) is 69.5 Å². The first kappa shape index (κ1) is 99.2. The summed E-state index contributed by atoms with van der Waals surface area (Å²) in [5.41, 5.74) is 19.5. The number of ether oxygens (including phenoxy) is 2. The summed E-state index contributed by atoms with van der Waals surface area (Å²) in [6, 6.07) is 39.6. The molecule has 10 heterocycles. The molecule has 0 spiro atoms. The lowest BCUT2D eigenvalue weighted by molar-refractivity contribution is 0.174. The molecule has 0 bridgehead atoms. The maximum atomic E-state index is 12.1. The predicted molar refractivity (Wildman–Crippen MR) is 473 cm³/mol. The van der Waals surface area contributed by atoms with Gasteiger partial charge in [-0.25, -0.2) is 34.3 Å². The monoisotopic (exact) mass is 1560 g/mol. The zero-order valence-electron chi connectivity index (χ0n) is 74.0. The van der Waals surface area contributed by atoms with Crippen molar-refractivity contribution < 1.29 is 18.4 Å². The Morgan fingerprint density at radius 1 is 0.363 bits per heavy atom. The number of hydrogen-bond donors (Lipinski definition) is 0. The van der Waals surface area contributed by atoms with Gasteiger partial charge in [-0.3, -0.25) is 19.9 Å². The number of aromatic nitrogens is 11. The zero-order valence-corrected chi connectivity index (χ0v) is 74.8. The normalized spacial score (nSPS) is 11.2. The smallest absolute Gasteiger partial charge is 0.231 e. The van der Waals surface area contributed by atoms with E-state index >= 15 is 0 Å². The molecule has 0 unspecified atom stereocenters. The van der Waals surface area contributed by atoms with Gasteiger partial charge >= 0.3 is 0 Å². The molecule has 113 heavy (non-hydrogen) atoms. The minimum absolute atomic E-state index is 0.171. The van der Waals surface area contributed by atoms with Crippen LogP contribution in [0.15, 0.2) is 205 Å². The van der Waals surface area contributed by atoms with Gasteiger partial charge in [0.2, 0.25) is 6.79 Å². The van der Waals surface area contributed by atoms with Crippen LogP contribution in [0.2, 0.25) is 0 Å². The topological polar surface area (TPSA) is 186 Å². The molecule has 2 aliphatic heterocycles. The summed E-state index contributed by atoms with van der Waals surface area (Å²) < 4.78 is 31.6. The minimum atomic E-state index is -0.171. The Bertz CT molecular complexity index is 3960. The van der Waals surface area contributed by atoms with Crippen molar-refractivity contribution in [2.75, 3.05) is 13.3 Å². The molecule has 11 aromatic rings. The second-order valence-corrected chi connectivity index (χ2v) is 31.8. The first-order valence-electron chi connectivity index (χ1n) is 39.7. The van der Waals surface area contributed by atoms with Crippen molar-refractivity contribution in [2.45, 2.75) is 261 Å². The van der Waals surface area contributed by atoms with Gasteiger partial charge < -0.3 is 14.0 Å². The summed E-state index contributed by atoms with van der Waals surface area (Å²) in [5.74, 6) is 9.78. The average Bonchev–Trinajstić information content (AvgIpc) is 1.73. The molecule has 2 aliphatic rings. The zero-order chi connectivity index (χ0) is 84.7. The molecule has 0 radical (unpaired) electrons. The van der Waals surface area contributed by atoms with E-state index in [1.54, 1.807) is 42.4 Å². The highest BCUT2D eigenvalue weighted by Gasteiger charge is 2.14. The Kier molecular flexibility index (Phi) is 48.1. The largest absolute Gasteiger partial charge is 0.454 e. The lowest BCUT2D eigenvalue weighted by Gasteiger charge is -2.05. The quantitative estimate of drug-likeness (QED) is 0.126. The van der Waals surface area contributed by atoms with Gasteiger partial charge in [-0.15, -0.1) is 0 Å². The Hall–Kier alpha value is -9.87. The van der Waals surface area contributed by atoms with Crippen molar-refractivity contribution in [2.24, 2.45) is 10.9 Å². The van der Waals surface area contributed by atoms with Crippen LogP contribution in [0.25, 0.3) is 0 Å². The number of aryl methyl sites for hydroxylation is 9. The number of rotatable bonds is 10. The van der Waals surface area contributed by atoms with E-state index in [2.05, 4.69) is 278 Å². The Morgan fingerprint density at radius 2 is 0.832 bits per heavy atom. The number of aliphatic imine (C=N–C) groups is 1. The molecule has 0 N–H and O–H groups in total. The molecule has 0 fully saturated rings. The van der Waals surface area contributed by atoms with Gasteiger partial charge in [-0.2, -0.15) is 4.37 Å². The van der Waals surface area contributed by atoms with E-state index < -0.39 is 0 Å². The second kappa shape index (κ2) is 54.7. The highest BCUT2D eigenvalue weighted by Crippen LogP contribution is 2.34. The number of fused-ring (bicyclic) bond motifs is 1. The molecule has 0 amide bonds. The van der Waals surface area contributed by atoms with Crippen molar-refractivity contribution >= 4 is 17.2 Å². The Balaban J connectivity index is 0.000000419. The van der Waals surface area contributed by atoms with Crippen molar-refractivity contribution in [1.29, 1.82) is 0 Å². The van der Waals surface area contributed by atoms with Gasteiger partial charge in [-0.05, 0) is 239 Å². The first-order valence-corrected chi connectivity index (χ1v) is 40.4. The van der Waals surface area contributed by atoms with Crippen LogP contribution in [0, 0.1) is 74.0 Å². The van der Waals surface area contributed by atoms with E-state index in [9.17, 15) is 4.39 Å². The average molecular weight is 1560 g/mol. The van der Waals surface area contributed by atoms with Crippen molar-refractivity contribution in [3.05, 3.63) is 302 Å². The summed E-state index contributed by atoms with van der Waals surface area (Å²) in [6.45, 7) is 64.3. The van der Waals surface area contributed by atoms with Crippen LogP contribution in [0.3, 0.4) is 0 Å². The molecule has 610 valence electrons. The third-order valence-electron chi connectivity index (χ3n) is 17.0. The van der Waals surface area contributed by atoms with E-state index in [1.165, 1.54) is 72.8 Å². The summed E-state index contributed by atoms with van der Waals surface area (Å²) in [5, 5.41) is 3.84. The number of nitrogens with zero attached hydrogens (tertiary/aromatic N) is 12. The standard InChI is InChI=1S/C10H12O2.C10H14.C9H13N.2C8H12N2.C8H13N.C8H11N.C7H7F.C7H10N2.C7H11NO.C7H11NS.C7H9N/c1-7(2)8-3-4-9-10(5-8)12-6-11-9;1-8(2)10-6-4-9(3)5-7-10;1-7(2)9-5-4-8(3)10-6-9;2*1-6(2)8-4-9-7(3)10-5-8;1-6(2)8-7(3)4-5-9-8;1-7(2)8-4-3-5-9-6-8;1-6-2-4-7(8)5-3-6;1-6(2)7-3-4-8-5-9-7;1-5(2)7-4-6(3)9-8-7;1-5(2)7-4-6(3)8-9-7;1-6-3-4-7(2)8-5-6/h3-5,7H,6H2,1-2H3;4-8H,1-3H3;4-7H,1-3H3;2*4-6H,1-3H3;4,6H,5H2,1-3H3;3-7H,1-2H3;2-5H,1H3;3-6H,1-2H3;2*4-5H,1-3H3;3-5H,1-2H3. The van der Waals surface area contributed by atoms with Crippen LogP contribution < -0.4 is 9.47 Å². The lowest BCUT2D eigenvalue weighted by Crippen LogP contribution is -2.05. The van der Waals surface area contributed by atoms with Gasteiger partial charge in [0, 0.05) is 89.5 Å². The molecule has 15 nitrogen and oxygen atoms in total. The molecular weight excluding hydrogens is 1420 g/mol. The van der Waals surface area contributed by atoms with Crippen LogP contribution >= 0.6 is 11.5 Å². The Labute approximate surface area is 684 Å². The summed E-state index contributed by atoms with van der Waals surface area (Å²) in [7, 11) is 0. The Morgan fingerprint density at radius 3 is 1.16 bits per heavy atom. The lowest BCUT2D eigenvalue weighted by atomic mass is 10.0. The number of allylic oxidation sites excluding steroid dienone is 1. The highest BCUT2D eigenvalue weighted by atomic mass is 32.1. The van der Waals surface area contributed by atoms with Crippen LogP contribution in [0.1, 0.15) is 299 Å². The van der Waals surface area contributed by atoms with E-state index in [4.69, 9.17) is 14.0 Å². The molecule has 17 heteroatoms. The van der Waals surface area contributed by atoms with Crippen molar-refractivity contribution in [3.63, 3.8) is 0 Å². The molecular formula is C96H135FN12O3S. The fraction of sp³-hybridized carbons (Fsp3) is 0.438. The SMILES string of the molecule is CC(C)c1ccc2c(c1)OCO2.CC(C)c1cccnc1.CC(C)c1ccncn1.CC1=CCN=C1C(C)C.Cc1cc(C(C)C)no1.Cc1cc(C(C)C)sn1.Cc1ccc(C(C)C)cc1.Cc1ccc(C(C)C)cn1.Cc1ccc(C)nc1.Cc1ccc(F)cc1.Cc1ncc(C(C)C)cn1.Cc1ncc(C(C)C)cn1. The van der Waals surface area contributed by atoms with E-state index in [-0.39, 0.29) is 5.82 Å². The fourth-order valence-electron chi connectivity index (χ4n) is 9.34. The maximum Gasteiger partial charge on any atom is 0.231 e. The summed E-state index contributed by atoms with van der Waals surface area (Å²) in [6.07, 6.45) is 20.6. The molecule has 13 rings (SSSR count). The van der Waals surface area contributed by atoms with E-state index in [1.807, 2.05) is 135 Å². The number of benzene rings is 3. The second-order valence-electron chi connectivity index (χ2n) is 31.0. The van der Waals surface area contributed by atoms with Gasteiger partial charge in [0.25, 0.3) is 0 Å². The molecule has 0 saturated heterocycles. The number of pyridine rings is 3. The highest BCUT2D eigenvalue weighted by molar-refractivity contribution is 7.05.